The third kappa shape index (κ3) is 4.36. The second-order valence-corrected chi connectivity index (χ2v) is 7.15. The molecule has 0 unspecified atom stereocenters. The molecule has 0 saturated heterocycles. The van der Waals surface area contributed by atoms with Gasteiger partial charge in [-0.2, -0.15) is 5.26 Å². The lowest BCUT2D eigenvalue weighted by molar-refractivity contribution is -0.112. The van der Waals surface area contributed by atoms with E-state index in [0.717, 1.165) is 26.5 Å². The van der Waals surface area contributed by atoms with Gasteiger partial charge in [-0.25, -0.2) is 0 Å². The van der Waals surface area contributed by atoms with Gasteiger partial charge in [-0.15, -0.1) is 0 Å². The van der Waals surface area contributed by atoms with Crippen LogP contribution in [0.15, 0.2) is 70.7 Å². The molecule has 0 fully saturated rings. The average Bonchev–Trinajstić information content (AvgIpc) is 2.65. The molecule has 1 amide bonds. The molecule has 0 bridgehead atoms. The number of amides is 1. The van der Waals surface area contributed by atoms with Gasteiger partial charge in [0.1, 0.15) is 11.6 Å². The van der Waals surface area contributed by atoms with Crippen LogP contribution < -0.4 is 10.2 Å². The number of hydrogen-bond donors (Lipinski definition) is 1. The van der Waals surface area contributed by atoms with Crippen LogP contribution in [0.3, 0.4) is 0 Å². The highest BCUT2D eigenvalue weighted by atomic mass is 79.9. The standard InChI is InChI=1S/C22H18BrN3O/c1-26(2)21-10-7-15(12-20(21)23)11-18(14-24)22(27)25-19-9-8-16-5-3-4-6-17(16)13-19/h3-13H,1-2H3,(H,25,27). The van der Waals surface area contributed by atoms with Gasteiger partial charge in [0, 0.05) is 24.3 Å². The predicted octanol–water partition coefficient (Wildman–Crippen LogP) is 5.21. The van der Waals surface area contributed by atoms with Gasteiger partial charge < -0.3 is 10.2 Å². The van der Waals surface area contributed by atoms with E-state index in [1.807, 2.05) is 85.7 Å². The van der Waals surface area contributed by atoms with Crippen molar-refractivity contribution in [2.24, 2.45) is 0 Å². The van der Waals surface area contributed by atoms with E-state index in [0.29, 0.717) is 5.69 Å². The number of nitrogens with one attached hydrogen (secondary N) is 1. The Bertz CT molecular complexity index is 1080. The van der Waals surface area contributed by atoms with Crippen molar-refractivity contribution in [3.63, 3.8) is 0 Å². The Hall–Kier alpha value is -3.10. The van der Waals surface area contributed by atoms with Crippen LogP contribution in [0, 0.1) is 11.3 Å². The molecule has 0 aliphatic heterocycles. The minimum Gasteiger partial charge on any atom is -0.377 e. The van der Waals surface area contributed by atoms with Crippen molar-refractivity contribution in [2.75, 3.05) is 24.3 Å². The van der Waals surface area contributed by atoms with Crippen molar-refractivity contribution in [1.29, 1.82) is 5.26 Å². The molecule has 0 aliphatic carbocycles. The largest absolute Gasteiger partial charge is 0.377 e. The first-order chi connectivity index (χ1) is 13.0. The summed E-state index contributed by atoms with van der Waals surface area (Å²) in [7, 11) is 3.90. The molecule has 0 saturated carbocycles. The number of benzene rings is 3. The molecule has 0 atom stereocenters. The van der Waals surface area contributed by atoms with E-state index >= 15 is 0 Å². The maximum absolute atomic E-state index is 12.5. The van der Waals surface area contributed by atoms with Crippen LogP contribution in [0.25, 0.3) is 16.8 Å². The number of fused-ring (bicyclic) bond motifs is 1. The van der Waals surface area contributed by atoms with E-state index in [4.69, 9.17) is 0 Å². The normalized spacial score (nSPS) is 11.1. The molecule has 0 aliphatic rings. The smallest absolute Gasteiger partial charge is 0.266 e. The fourth-order valence-corrected chi connectivity index (χ4v) is 3.51. The van der Waals surface area contributed by atoms with Crippen molar-refractivity contribution in [2.45, 2.75) is 0 Å². The molecule has 0 heterocycles. The van der Waals surface area contributed by atoms with Crippen LogP contribution in [-0.2, 0) is 4.79 Å². The number of halogens is 1. The van der Waals surface area contributed by atoms with E-state index < -0.39 is 5.91 Å². The molecule has 3 aromatic carbocycles. The molecule has 3 rings (SSSR count). The first kappa shape index (κ1) is 18.7. The van der Waals surface area contributed by atoms with Gasteiger partial charge in [-0.3, -0.25) is 4.79 Å². The SMILES string of the molecule is CN(C)c1ccc(C=C(C#N)C(=O)Nc2ccc3ccccc3c2)cc1Br. The summed E-state index contributed by atoms with van der Waals surface area (Å²) in [5.41, 5.74) is 2.50. The van der Waals surface area contributed by atoms with E-state index in [2.05, 4.69) is 21.2 Å². The van der Waals surface area contributed by atoms with E-state index in [9.17, 15) is 10.1 Å². The number of nitriles is 1. The Morgan fingerprint density at radius 2 is 1.81 bits per heavy atom. The second-order valence-electron chi connectivity index (χ2n) is 6.29. The van der Waals surface area contributed by atoms with Crippen molar-refractivity contribution in [1.82, 2.24) is 0 Å². The van der Waals surface area contributed by atoms with Crippen molar-refractivity contribution < 1.29 is 4.79 Å². The van der Waals surface area contributed by atoms with Crippen LogP contribution in [0.2, 0.25) is 0 Å². The molecular weight excluding hydrogens is 402 g/mol. The molecule has 1 N–H and O–H groups in total. The first-order valence-corrected chi connectivity index (χ1v) is 9.16. The Labute approximate surface area is 166 Å². The lowest BCUT2D eigenvalue weighted by Crippen LogP contribution is -2.13. The van der Waals surface area contributed by atoms with Gasteiger partial charge in [-0.05, 0) is 62.6 Å². The molecule has 27 heavy (non-hydrogen) atoms. The highest BCUT2D eigenvalue weighted by molar-refractivity contribution is 9.10. The van der Waals surface area contributed by atoms with Crippen LogP contribution in [-0.4, -0.2) is 20.0 Å². The molecule has 3 aromatic rings. The Morgan fingerprint density at radius 1 is 1.07 bits per heavy atom. The summed E-state index contributed by atoms with van der Waals surface area (Å²) < 4.78 is 0.897. The van der Waals surface area contributed by atoms with E-state index in [-0.39, 0.29) is 5.57 Å². The molecule has 0 spiro atoms. The summed E-state index contributed by atoms with van der Waals surface area (Å²) >= 11 is 3.52. The Kier molecular flexibility index (Phi) is 5.58. The van der Waals surface area contributed by atoms with Crippen molar-refractivity contribution >= 4 is 50.1 Å². The van der Waals surface area contributed by atoms with Gasteiger partial charge in [-0.1, -0.05) is 36.4 Å². The molecular formula is C22H18BrN3O. The molecule has 0 aromatic heterocycles. The number of carbonyl (C=O) groups is 1. The Morgan fingerprint density at radius 3 is 2.48 bits per heavy atom. The number of rotatable bonds is 4. The Balaban J connectivity index is 1.84. The van der Waals surface area contributed by atoms with Gasteiger partial charge in [0.25, 0.3) is 5.91 Å². The summed E-state index contributed by atoms with van der Waals surface area (Å²) in [4.78, 5) is 14.5. The van der Waals surface area contributed by atoms with E-state index in [1.165, 1.54) is 0 Å². The fourth-order valence-electron chi connectivity index (χ4n) is 2.76. The third-order valence-electron chi connectivity index (χ3n) is 4.14. The van der Waals surface area contributed by atoms with Crippen molar-refractivity contribution in [3.8, 4) is 6.07 Å². The van der Waals surface area contributed by atoms with Crippen LogP contribution in [0.4, 0.5) is 11.4 Å². The maximum atomic E-state index is 12.5. The lowest BCUT2D eigenvalue weighted by atomic mass is 10.1. The summed E-state index contributed by atoms with van der Waals surface area (Å²) in [6.45, 7) is 0. The lowest BCUT2D eigenvalue weighted by Gasteiger charge is -2.14. The highest BCUT2D eigenvalue weighted by Crippen LogP contribution is 2.27. The average molecular weight is 420 g/mol. The summed E-state index contributed by atoms with van der Waals surface area (Å²) in [5, 5.41) is 14.3. The summed E-state index contributed by atoms with van der Waals surface area (Å²) in [6, 6.07) is 21.3. The van der Waals surface area contributed by atoms with Gasteiger partial charge >= 0.3 is 0 Å². The zero-order valence-electron chi connectivity index (χ0n) is 15.0. The maximum Gasteiger partial charge on any atom is 0.266 e. The number of nitrogens with zero attached hydrogens (tertiary/aromatic N) is 2. The van der Waals surface area contributed by atoms with Gasteiger partial charge in [0.05, 0.1) is 5.69 Å². The third-order valence-corrected chi connectivity index (χ3v) is 4.77. The van der Waals surface area contributed by atoms with E-state index in [1.54, 1.807) is 6.08 Å². The van der Waals surface area contributed by atoms with Gasteiger partial charge in [0.15, 0.2) is 0 Å². The van der Waals surface area contributed by atoms with Crippen LogP contribution in [0.5, 0.6) is 0 Å². The second kappa shape index (κ2) is 8.07. The quantitative estimate of drug-likeness (QED) is 0.466. The number of hydrogen-bond acceptors (Lipinski definition) is 3. The predicted molar refractivity (Wildman–Crippen MR) is 115 cm³/mol. The first-order valence-electron chi connectivity index (χ1n) is 8.37. The molecule has 5 heteroatoms. The summed E-state index contributed by atoms with van der Waals surface area (Å²) in [5.74, 6) is -0.430. The zero-order chi connectivity index (χ0) is 19.4. The molecule has 134 valence electrons. The van der Waals surface area contributed by atoms with Crippen LogP contribution >= 0.6 is 15.9 Å². The van der Waals surface area contributed by atoms with Crippen LogP contribution in [0.1, 0.15) is 5.56 Å². The number of anilines is 2. The summed E-state index contributed by atoms with van der Waals surface area (Å²) in [6.07, 6.45) is 1.58. The van der Waals surface area contributed by atoms with Gasteiger partial charge in [0.2, 0.25) is 0 Å². The monoisotopic (exact) mass is 419 g/mol. The topological polar surface area (TPSA) is 56.1 Å². The molecule has 4 nitrogen and oxygen atoms in total. The fraction of sp³-hybridized carbons (Fsp3) is 0.0909. The highest BCUT2D eigenvalue weighted by Gasteiger charge is 2.11. The number of carbonyl (C=O) groups excluding carboxylic acids is 1. The molecule has 0 radical (unpaired) electrons. The zero-order valence-corrected chi connectivity index (χ0v) is 16.6. The van der Waals surface area contributed by atoms with Crippen molar-refractivity contribution in [3.05, 3.63) is 76.3 Å². The minimum atomic E-state index is -0.430. The minimum absolute atomic E-state index is 0.0488.